The molecule has 2 aromatic carbocycles. The first-order valence-corrected chi connectivity index (χ1v) is 8.73. The van der Waals surface area contributed by atoms with E-state index < -0.39 is 12.1 Å². The molecule has 1 N–H and O–H groups in total. The molecule has 2 aromatic rings. The second kappa shape index (κ2) is 7.82. The highest BCUT2D eigenvalue weighted by molar-refractivity contribution is 7.84. The van der Waals surface area contributed by atoms with Crippen LogP contribution in [0.4, 0.5) is 5.69 Å². The monoisotopic (exact) mass is 401 g/mol. The van der Waals surface area contributed by atoms with Gasteiger partial charge in [0.15, 0.2) is 11.5 Å². The fraction of sp³-hybridized carbons (Fsp3) is 0.158. The number of hydrogen-bond acceptors (Lipinski definition) is 6. The van der Waals surface area contributed by atoms with Crippen molar-refractivity contribution in [2.24, 2.45) is 0 Å². The van der Waals surface area contributed by atoms with Crippen molar-refractivity contribution in [2.45, 2.75) is 6.17 Å². The lowest BCUT2D eigenvalue weighted by Gasteiger charge is -2.38. The zero-order valence-corrected chi connectivity index (χ0v) is 16.2. The van der Waals surface area contributed by atoms with Crippen LogP contribution < -0.4 is 19.7 Å². The summed E-state index contributed by atoms with van der Waals surface area (Å²) in [5, 5.41) is 13.0. The van der Waals surface area contributed by atoms with E-state index in [9.17, 15) is 10.1 Å². The number of benzene rings is 2. The van der Waals surface area contributed by atoms with E-state index in [0.29, 0.717) is 16.5 Å². The van der Waals surface area contributed by atoms with Gasteiger partial charge in [-0.25, -0.2) is 0 Å². The maximum Gasteiger partial charge on any atom is 0.266 e. The number of ether oxygens (including phenoxy) is 2. The maximum atomic E-state index is 12.4. The Kier molecular flexibility index (Phi) is 5.49. The van der Waals surface area contributed by atoms with Crippen LogP contribution >= 0.6 is 24.2 Å². The third-order valence-electron chi connectivity index (χ3n) is 4.14. The van der Waals surface area contributed by atoms with Crippen molar-refractivity contribution < 1.29 is 14.3 Å². The number of hydrogen-bond donors (Lipinski definition) is 2. The summed E-state index contributed by atoms with van der Waals surface area (Å²) in [7, 11) is 3.09. The molecule has 1 aliphatic heterocycles. The first-order valence-electron chi connectivity index (χ1n) is 7.91. The molecule has 1 atom stereocenters. The molecule has 0 radical (unpaired) electrons. The number of nitriles is 1. The number of methoxy groups -OCH3 is 2. The van der Waals surface area contributed by atoms with Crippen molar-refractivity contribution in [3.05, 3.63) is 63.7 Å². The van der Waals surface area contributed by atoms with Gasteiger partial charge in [-0.3, -0.25) is 4.79 Å². The predicted molar refractivity (Wildman–Crippen MR) is 106 cm³/mol. The van der Waals surface area contributed by atoms with Gasteiger partial charge < -0.3 is 19.7 Å². The number of thiol groups is 1. The van der Waals surface area contributed by atoms with Gasteiger partial charge in [-0.15, -0.1) is 12.6 Å². The Balaban J connectivity index is 2.15. The molecular formula is C19H16ClN3O3S. The molecule has 8 heteroatoms. The van der Waals surface area contributed by atoms with Crippen molar-refractivity contribution in [3.63, 3.8) is 0 Å². The molecule has 138 valence electrons. The summed E-state index contributed by atoms with van der Waals surface area (Å²) in [4.78, 5) is 14.1. The number of halogens is 1. The number of amides is 1. The van der Waals surface area contributed by atoms with E-state index in [2.05, 4.69) is 17.9 Å². The molecule has 27 heavy (non-hydrogen) atoms. The summed E-state index contributed by atoms with van der Waals surface area (Å²) < 4.78 is 10.6. The standard InChI is InChI=1S/C19H16ClN3O3S/c1-25-15-8-3-11(9-16(15)26-2)17-22-18(24)14(10-21)19(27)23(17)13-6-4-12(20)5-7-13/h3-9,17,27H,1-2H3,(H,22,24). The molecule has 6 nitrogen and oxygen atoms in total. The lowest BCUT2D eigenvalue weighted by atomic mass is 10.1. The molecule has 0 fully saturated rings. The van der Waals surface area contributed by atoms with Crippen molar-refractivity contribution in [3.8, 4) is 17.6 Å². The Labute approximate surface area is 167 Å². The first kappa shape index (κ1) is 19.0. The Bertz CT molecular complexity index is 954. The van der Waals surface area contributed by atoms with Crippen LogP contribution in [0.3, 0.4) is 0 Å². The zero-order chi connectivity index (χ0) is 19.6. The van der Waals surface area contributed by atoms with Gasteiger partial charge in [-0.2, -0.15) is 5.26 Å². The predicted octanol–water partition coefficient (Wildman–Crippen LogP) is 3.66. The normalized spacial score (nSPS) is 16.6. The summed E-state index contributed by atoms with van der Waals surface area (Å²) in [6.45, 7) is 0. The van der Waals surface area contributed by atoms with Crippen molar-refractivity contribution in [2.75, 3.05) is 19.1 Å². The third-order valence-corrected chi connectivity index (χ3v) is 4.84. The largest absolute Gasteiger partial charge is 0.493 e. The number of rotatable bonds is 4. The van der Waals surface area contributed by atoms with E-state index in [1.165, 1.54) is 7.11 Å². The highest BCUT2D eigenvalue weighted by Crippen LogP contribution is 2.38. The average Bonchev–Trinajstić information content (AvgIpc) is 2.68. The lowest BCUT2D eigenvalue weighted by molar-refractivity contribution is -0.118. The molecule has 1 unspecified atom stereocenters. The van der Waals surface area contributed by atoms with Gasteiger partial charge in [-0.05, 0) is 42.0 Å². The van der Waals surface area contributed by atoms with Gasteiger partial charge >= 0.3 is 0 Å². The average molecular weight is 402 g/mol. The van der Waals surface area contributed by atoms with E-state index in [0.717, 1.165) is 11.3 Å². The topological polar surface area (TPSA) is 74.6 Å². The second-order valence-electron chi connectivity index (χ2n) is 5.65. The van der Waals surface area contributed by atoms with Gasteiger partial charge in [0.25, 0.3) is 5.91 Å². The molecule has 0 aromatic heterocycles. The summed E-state index contributed by atoms with van der Waals surface area (Å²) >= 11 is 10.4. The summed E-state index contributed by atoms with van der Waals surface area (Å²) in [6, 6.07) is 14.3. The molecule has 3 rings (SSSR count). The van der Waals surface area contributed by atoms with E-state index >= 15 is 0 Å². The van der Waals surface area contributed by atoms with Crippen LogP contribution in [0.5, 0.6) is 11.5 Å². The van der Waals surface area contributed by atoms with Gasteiger partial charge in [0.05, 0.1) is 19.2 Å². The van der Waals surface area contributed by atoms with Crippen molar-refractivity contribution in [1.82, 2.24) is 5.32 Å². The van der Waals surface area contributed by atoms with Crippen LogP contribution in [-0.4, -0.2) is 20.1 Å². The molecule has 1 heterocycles. The van der Waals surface area contributed by atoms with Crippen LogP contribution in [-0.2, 0) is 4.79 Å². The first-order chi connectivity index (χ1) is 13.0. The SMILES string of the molecule is COc1ccc(C2NC(=O)C(C#N)=C(S)N2c2ccc(Cl)cc2)cc1OC. The summed E-state index contributed by atoms with van der Waals surface area (Å²) in [6.07, 6.45) is -0.594. The minimum Gasteiger partial charge on any atom is -0.493 e. The second-order valence-corrected chi connectivity index (χ2v) is 6.51. The van der Waals surface area contributed by atoms with Crippen LogP contribution in [0.15, 0.2) is 53.1 Å². The minimum absolute atomic E-state index is 0.0648. The number of anilines is 1. The van der Waals surface area contributed by atoms with Crippen LogP contribution in [0.1, 0.15) is 11.7 Å². The van der Waals surface area contributed by atoms with Gasteiger partial charge in [-0.1, -0.05) is 17.7 Å². The highest BCUT2D eigenvalue weighted by atomic mass is 35.5. The van der Waals surface area contributed by atoms with E-state index in [1.807, 2.05) is 12.1 Å². The van der Waals surface area contributed by atoms with Crippen molar-refractivity contribution in [1.29, 1.82) is 5.26 Å². The molecule has 0 saturated heterocycles. The Morgan fingerprint density at radius 2 is 1.81 bits per heavy atom. The Morgan fingerprint density at radius 3 is 2.41 bits per heavy atom. The van der Waals surface area contributed by atoms with E-state index in [4.69, 9.17) is 21.1 Å². The zero-order valence-electron chi connectivity index (χ0n) is 14.6. The highest BCUT2D eigenvalue weighted by Gasteiger charge is 2.34. The Hall–Kier alpha value is -2.82. The molecule has 0 saturated carbocycles. The fourth-order valence-electron chi connectivity index (χ4n) is 2.83. The summed E-state index contributed by atoms with van der Waals surface area (Å²) in [5.74, 6) is 0.601. The molecule has 1 amide bonds. The molecule has 1 aliphatic rings. The van der Waals surface area contributed by atoms with E-state index in [1.54, 1.807) is 48.4 Å². The van der Waals surface area contributed by atoms with Crippen LogP contribution in [0.25, 0.3) is 0 Å². The molecule has 0 bridgehead atoms. The lowest BCUT2D eigenvalue weighted by Crippen LogP contribution is -2.46. The quantitative estimate of drug-likeness (QED) is 0.765. The number of carbonyl (C=O) groups is 1. The minimum atomic E-state index is -0.594. The molecule has 0 aliphatic carbocycles. The van der Waals surface area contributed by atoms with Gasteiger partial charge in [0.2, 0.25) is 0 Å². The maximum absolute atomic E-state index is 12.4. The fourth-order valence-corrected chi connectivity index (χ4v) is 3.34. The summed E-state index contributed by atoms with van der Waals surface area (Å²) in [5.41, 5.74) is 1.39. The van der Waals surface area contributed by atoms with Crippen molar-refractivity contribution >= 4 is 35.8 Å². The molecular weight excluding hydrogens is 386 g/mol. The smallest absolute Gasteiger partial charge is 0.266 e. The van der Waals surface area contributed by atoms with Gasteiger partial charge in [0.1, 0.15) is 17.8 Å². The van der Waals surface area contributed by atoms with Gasteiger partial charge in [0, 0.05) is 10.7 Å². The molecule has 0 spiro atoms. The number of carbonyl (C=O) groups excluding carboxylic acids is 1. The Morgan fingerprint density at radius 1 is 1.15 bits per heavy atom. The number of nitrogens with zero attached hydrogens (tertiary/aromatic N) is 2. The van der Waals surface area contributed by atoms with Crippen LogP contribution in [0.2, 0.25) is 5.02 Å². The van der Waals surface area contributed by atoms with Crippen LogP contribution in [0, 0.1) is 11.3 Å². The van der Waals surface area contributed by atoms with E-state index in [-0.39, 0.29) is 10.6 Å². The number of nitrogens with one attached hydrogen (secondary N) is 1. The third kappa shape index (κ3) is 3.54.